The van der Waals surface area contributed by atoms with Crippen molar-refractivity contribution >= 4 is 5.91 Å². The number of ether oxygens (including phenoxy) is 2. The zero-order valence-electron chi connectivity index (χ0n) is 19.8. The van der Waals surface area contributed by atoms with Gasteiger partial charge in [-0.3, -0.25) is 4.79 Å². The summed E-state index contributed by atoms with van der Waals surface area (Å²) in [6.45, 7) is 0.633. The lowest BCUT2D eigenvalue weighted by Crippen LogP contribution is -2.33. The molecule has 4 aromatic carbocycles. The summed E-state index contributed by atoms with van der Waals surface area (Å²) in [5.41, 5.74) is 10.2. The summed E-state index contributed by atoms with van der Waals surface area (Å²) >= 11 is 0. The Bertz CT molecular complexity index is 1170. The molecule has 4 rings (SSSR count). The van der Waals surface area contributed by atoms with Gasteiger partial charge in [0.1, 0.15) is 11.5 Å². The van der Waals surface area contributed by atoms with Gasteiger partial charge >= 0.3 is 0 Å². The number of hydrogen-bond acceptors (Lipinski definition) is 3. The Morgan fingerprint density at radius 1 is 0.600 bits per heavy atom. The van der Waals surface area contributed by atoms with Crippen LogP contribution in [0.15, 0.2) is 109 Å². The van der Waals surface area contributed by atoms with Crippen LogP contribution in [0.25, 0.3) is 22.3 Å². The minimum Gasteiger partial charge on any atom is -0.494 e. The van der Waals surface area contributed by atoms with Crippen LogP contribution in [0.3, 0.4) is 0 Å². The van der Waals surface area contributed by atoms with Crippen molar-refractivity contribution in [2.24, 2.45) is 5.73 Å². The lowest BCUT2D eigenvalue weighted by molar-refractivity contribution is -0.125. The Kier molecular flexibility index (Phi) is 8.55. The van der Waals surface area contributed by atoms with Crippen molar-refractivity contribution in [3.63, 3.8) is 0 Å². The fourth-order valence-corrected chi connectivity index (χ4v) is 3.95. The number of nitrogens with two attached hydrogens (primary N) is 1. The molecule has 0 aliphatic heterocycles. The Morgan fingerprint density at radius 3 is 1.60 bits per heavy atom. The molecule has 1 atom stereocenters. The van der Waals surface area contributed by atoms with Crippen molar-refractivity contribution < 1.29 is 14.3 Å². The summed E-state index contributed by atoms with van der Waals surface area (Å²) in [5.74, 6) is 1.07. The first-order valence-corrected chi connectivity index (χ1v) is 12.1. The molecule has 1 amide bonds. The van der Waals surface area contributed by atoms with Crippen molar-refractivity contribution in [2.45, 2.75) is 31.8 Å². The molecule has 0 radical (unpaired) electrons. The first-order chi connectivity index (χ1) is 17.2. The molecule has 1 unspecified atom stereocenters. The molecule has 4 nitrogen and oxygen atoms in total. The summed E-state index contributed by atoms with van der Waals surface area (Å²) in [7, 11) is 0. The van der Waals surface area contributed by atoms with Crippen LogP contribution in [0, 0.1) is 0 Å². The SMILES string of the molecule is NC(=O)C(CCCCCOc1ccc(-c2ccccc2)cc1)Oc1ccc(-c2ccccc2)cc1. The van der Waals surface area contributed by atoms with Gasteiger partial charge in [0.15, 0.2) is 6.10 Å². The van der Waals surface area contributed by atoms with Gasteiger partial charge in [0, 0.05) is 0 Å². The smallest absolute Gasteiger partial charge is 0.258 e. The first-order valence-electron chi connectivity index (χ1n) is 12.1. The number of carbonyl (C=O) groups excluding carboxylic acids is 1. The average Bonchev–Trinajstić information content (AvgIpc) is 2.91. The van der Waals surface area contributed by atoms with Gasteiger partial charge in [-0.2, -0.15) is 0 Å². The van der Waals surface area contributed by atoms with Gasteiger partial charge < -0.3 is 15.2 Å². The van der Waals surface area contributed by atoms with E-state index in [1.165, 1.54) is 11.1 Å². The third-order valence-electron chi connectivity index (χ3n) is 5.90. The van der Waals surface area contributed by atoms with Crippen molar-refractivity contribution in [1.82, 2.24) is 0 Å². The molecule has 0 aliphatic carbocycles. The van der Waals surface area contributed by atoms with Crippen molar-refractivity contribution in [2.75, 3.05) is 6.61 Å². The highest BCUT2D eigenvalue weighted by Gasteiger charge is 2.17. The highest BCUT2D eigenvalue weighted by molar-refractivity contribution is 5.79. The molecule has 178 valence electrons. The Labute approximate surface area is 207 Å². The van der Waals surface area contributed by atoms with Crippen molar-refractivity contribution in [3.8, 4) is 33.8 Å². The molecule has 2 N–H and O–H groups in total. The monoisotopic (exact) mass is 465 g/mol. The fourth-order valence-electron chi connectivity index (χ4n) is 3.95. The summed E-state index contributed by atoms with van der Waals surface area (Å²) in [6.07, 6.45) is 2.62. The maximum atomic E-state index is 11.9. The molecule has 0 spiro atoms. The normalized spacial score (nSPS) is 11.5. The largest absolute Gasteiger partial charge is 0.494 e. The second kappa shape index (κ2) is 12.4. The van der Waals surface area contributed by atoms with Gasteiger partial charge in [-0.25, -0.2) is 0 Å². The summed E-state index contributed by atoms with van der Waals surface area (Å²) in [6, 6.07) is 36.3. The Morgan fingerprint density at radius 2 is 1.09 bits per heavy atom. The maximum absolute atomic E-state index is 11.9. The summed E-state index contributed by atoms with van der Waals surface area (Å²) in [5, 5.41) is 0. The summed E-state index contributed by atoms with van der Waals surface area (Å²) < 4.78 is 11.8. The maximum Gasteiger partial charge on any atom is 0.258 e. The molecule has 4 heteroatoms. The van der Waals surface area contributed by atoms with E-state index in [1.54, 1.807) is 0 Å². The van der Waals surface area contributed by atoms with E-state index in [1.807, 2.05) is 72.8 Å². The van der Waals surface area contributed by atoms with Crippen LogP contribution < -0.4 is 15.2 Å². The lowest BCUT2D eigenvalue weighted by atomic mass is 10.1. The van der Waals surface area contributed by atoms with Crippen LogP contribution in [0.2, 0.25) is 0 Å². The number of hydrogen-bond donors (Lipinski definition) is 1. The molecule has 0 saturated carbocycles. The van der Waals surface area contributed by atoms with Crippen LogP contribution in [-0.2, 0) is 4.79 Å². The second-order valence-electron chi connectivity index (χ2n) is 8.49. The zero-order chi connectivity index (χ0) is 24.3. The highest BCUT2D eigenvalue weighted by Crippen LogP contribution is 2.24. The molecular formula is C31H31NO3. The van der Waals surface area contributed by atoms with Gasteiger partial charge in [0.2, 0.25) is 0 Å². The molecule has 0 aromatic heterocycles. The Hall–Kier alpha value is -4.05. The fraction of sp³-hybridized carbons (Fsp3) is 0.194. The van der Waals surface area contributed by atoms with Crippen LogP contribution in [0.5, 0.6) is 11.5 Å². The molecule has 0 fully saturated rings. The van der Waals surface area contributed by atoms with Crippen LogP contribution >= 0.6 is 0 Å². The van der Waals surface area contributed by atoms with Crippen molar-refractivity contribution in [3.05, 3.63) is 109 Å². The van der Waals surface area contributed by atoms with Crippen LogP contribution in [0.4, 0.5) is 0 Å². The molecule has 0 heterocycles. The molecule has 35 heavy (non-hydrogen) atoms. The second-order valence-corrected chi connectivity index (χ2v) is 8.49. The number of primary amides is 1. The van der Waals surface area contributed by atoms with Gasteiger partial charge in [-0.05, 0) is 72.2 Å². The van der Waals surface area contributed by atoms with Crippen molar-refractivity contribution in [1.29, 1.82) is 0 Å². The van der Waals surface area contributed by atoms with Gasteiger partial charge in [-0.15, -0.1) is 0 Å². The van der Waals surface area contributed by atoms with E-state index < -0.39 is 12.0 Å². The number of amides is 1. The molecule has 0 aliphatic rings. The van der Waals surface area contributed by atoms with E-state index in [-0.39, 0.29) is 0 Å². The van der Waals surface area contributed by atoms with Crippen LogP contribution in [-0.4, -0.2) is 18.6 Å². The van der Waals surface area contributed by atoms with E-state index >= 15 is 0 Å². The highest BCUT2D eigenvalue weighted by atomic mass is 16.5. The van der Waals surface area contributed by atoms with E-state index in [4.69, 9.17) is 15.2 Å². The van der Waals surface area contributed by atoms with Gasteiger partial charge in [0.05, 0.1) is 6.61 Å². The van der Waals surface area contributed by atoms with Gasteiger partial charge in [0.25, 0.3) is 5.91 Å². The molecular weight excluding hydrogens is 434 g/mol. The minimum absolute atomic E-state index is 0.438. The van der Waals surface area contributed by atoms with Gasteiger partial charge in [-0.1, -0.05) is 84.9 Å². The van der Waals surface area contributed by atoms with Crippen LogP contribution in [0.1, 0.15) is 25.7 Å². The standard InChI is InChI=1S/C31H31NO3/c32-31(33)30(35-29-21-17-27(18-22-29)25-12-6-2-7-13-25)14-8-3-9-23-34-28-19-15-26(16-20-28)24-10-4-1-5-11-24/h1-2,4-7,10-13,15-22,30H,3,8-9,14,23H2,(H2,32,33). The van der Waals surface area contributed by atoms with E-state index in [0.717, 1.165) is 36.1 Å². The number of benzene rings is 4. The Balaban J connectivity index is 1.17. The average molecular weight is 466 g/mol. The number of carbonyl (C=O) groups is 1. The zero-order valence-corrected chi connectivity index (χ0v) is 19.8. The molecule has 4 aromatic rings. The lowest BCUT2D eigenvalue weighted by Gasteiger charge is -2.16. The summed E-state index contributed by atoms with van der Waals surface area (Å²) in [4.78, 5) is 11.9. The quantitative estimate of drug-likeness (QED) is 0.232. The first kappa shape index (κ1) is 24.1. The predicted octanol–water partition coefficient (Wildman–Crippen LogP) is 6.89. The van der Waals surface area contributed by atoms with E-state index in [0.29, 0.717) is 18.8 Å². The minimum atomic E-state index is -0.635. The topological polar surface area (TPSA) is 61.6 Å². The predicted molar refractivity (Wildman–Crippen MR) is 141 cm³/mol. The number of unbranched alkanes of at least 4 members (excludes halogenated alkanes) is 2. The van der Waals surface area contributed by atoms with E-state index in [9.17, 15) is 4.79 Å². The van der Waals surface area contributed by atoms with E-state index in [2.05, 4.69) is 36.4 Å². The molecule has 0 bridgehead atoms. The molecule has 0 saturated heterocycles. The third kappa shape index (κ3) is 7.21. The number of rotatable bonds is 12. The third-order valence-corrected chi connectivity index (χ3v) is 5.90.